The minimum Gasteiger partial charge on any atom is -1.00 e. The van der Waals surface area contributed by atoms with Crippen LogP contribution >= 0.6 is 15.9 Å². The lowest BCUT2D eigenvalue weighted by atomic mass is 9.95. The van der Waals surface area contributed by atoms with Gasteiger partial charge in [0.05, 0.1) is 5.54 Å². The van der Waals surface area contributed by atoms with Crippen molar-refractivity contribution in [2.24, 2.45) is 0 Å². The Morgan fingerprint density at radius 3 is 2.00 bits per heavy atom. The summed E-state index contributed by atoms with van der Waals surface area (Å²) in [6.45, 7) is 8.95. The summed E-state index contributed by atoms with van der Waals surface area (Å²) in [7, 11) is 0. The smallest absolute Gasteiger partial charge is 0.135 e. The summed E-state index contributed by atoms with van der Waals surface area (Å²) in [5.74, 6) is 0. The topological polar surface area (TPSA) is 36.8 Å². The molecule has 0 aliphatic heterocycles. The third kappa shape index (κ3) is 5.87. The molecule has 0 fully saturated rings. The molecule has 3 N–H and O–H groups in total. The molecule has 0 spiro atoms. The maximum absolute atomic E-state index is 10.4. The van der Waals surface area contributed by atoms with E-state index in [0.29, 0.717) is 6.54 Å². The Kier molecular flexibility index (Phi) is 6.15. The fraction of sp³-hybridized carbons (Fsp3) is 0.538. The lowest BCUT2D eigenvalue weighted by molar-refractivity contribution is -0.727. The summed E-state index contributed by atoms with van der Waals surface area (Å²) in [4.78, 5) is 0. The van der Waals surface area contributed by atoms with Crippen LogP contribution in [0, 0.1) is 0 Å². The summed E-state index contributed by atoms with van der Waals surface area (Å²) in [6, 6.07) is 7.84. The van der Waals surface area contributed by atoms with Crippen LogP contribution in [0.2, 0.25) is 0 Å². The van der Waals surface area contributed by atoms with Gasteiger partial charge in [0.1, 0.15) is 12.1 Å². The first kappa shape index (κ1) is 16.9. The number of halogens is 2. The second-order valence-electron chi connectivity index (χ2n) is 5.56. The van der Waals surface area contributed by atoms with E-state index in [0.717, 1.165) is 10.0 Å². The molecule has 17 heavy (non-hydrogen) atoms. The number of rotatable bonds is 3. The molecular formula is C13H21BrClNO. The third-order valence-corrected chi connectivity index (χ3v) is 3.11. The molecule has 0 radical (unpaired) electrons. The van der Waals surface area contributed by atoms with Crippen molar-refractivity contribution < 1.29 is 22.8 Å². The van der Waals surface area contributed by atoms with Crippen LogP contribution in [0.1, 0.15) is 33.3 Å². The largest absolute Gasteiger partial charge is 1.00 e. The van der Waals surface area contributed by atoms with E-state index in [9.17, 15) is 5.11 Å². The van der Waals surface area contributed by atoms with E-state index in [1.807, 2.05) is 31.2 Å². The van der Waals surface area contributed by atoms with Gasteiger partial charge >= 0.3 is 0 Å². The van der Waals surface area contributed by atoms with E-state index in [-0.39, 0.29) is 17.9 Å². The number of quaternary nitrogens is 1. The van der Waals surface area contributed by atoms with Gasteiger partial charge in [-0.15, -0.1) is 0 Å². The molecular weight excluding hydrogens is 302 g/mol. The van der Waals surface area contributed by atoms with Gasteiger partial charge in [0.2, 0.25) is 0 Å². The maximum Gasteiger partial charge on any atom is 0.135 e. The van der Waals surface area contributed by atoms with Crippen molar-refractivity contribution in [1.82, 2.24) is 0 Å². The van der Waals surface area contributed by atoms with Gasteiger partial charge < -0.3 is 22.8 Å². The van der Waals surface area contributed by atoms with Crippen LogP contribution in [0.5, 0.6) is 0 Å². The molecule has 1 unspecified atom stereocenters. The molecule has 1 aromatic carbocycles. The van der Waals surface area contributed by atoms with Gasteiger partial charge in [-0.1, -0.05) is 28.1 Å². The highest BCUT2D eigenvalue weighted by atomic mass is 79.9. The molecule has 1 atom stereocenters. The highest BCUT2D eigenvalue weighted by molar-refractivity contribution is 9.10. The standard InChI is InChI=1S/C13H20BrNO.ClH/c1-12(2,3)15-9-13(4,16)10-5-7-11(14)8-6-10;/h5-8,15-16H,9H2,1-4H3;1H. The highest BCUT2D eigenvalue weighted by Crippen LogP contribution is 2.21. The fourth-order valence-corrected chi connectivity index (χ4v) is 1.70. The van der Waals surface area contributed by atoms with Crippen LogP contribution in [-0.4, -0.2) is 17.2 Å². The summed E-state index contributed by atoms with van der Waals surface area (Å²) in [6.07, 6.45) is 0. The van der Waals surface area contributed by atoms with Gasteiger partial charge in [-0.2, -0.15) is 0 Å². The molecule has 0 bridgehead atoms. The van der Waals surface area contributed by atoms with Crippen LogP contribution in [0.15, 0.2) is 28.7 Å². The average molecular weight is 323 g/mol. The van der Waals surface area contributed by atoms with Crippen LogP contribution in [-0.2, 0) is 5.60 Å². The molecule has 2 nitrogen and oxygen atoms in total. The minimum absolute atomic E-state index is 0. The van der Waals surface area contributed by atoms with E-state index in [4.69, 9.17) is 0 Å². The molecule has 0 aromatic heterocycles. The van der Waals surface area contributed by atoms with Gasteiger partial charge in [0.15, 0.2) is 0 Å². The Hall–Kier alpha value is -0.0900. The Morgan fingerprint density at radius 1 is 1.12 bits per heavy atom. The average Bonchev–Trinajstić information content (AvgIpc) is 2.15. The highest BCUT2D eigenvalue weighted by Gasteiger charge is 2.27. The van der Waals surface area contributed by atoms with E-state index < -0.39 is 5.60 Å². The number of hydrogen-bond donors (Lipinski definition) is 2. The van der Waals surface area contributed by atoms with Gasteiger partial charge in [0.25, 0.3) is 0 Å². The van der Waals surface area contributed by atoms with Crippen LogP contribution in [0.25, 0.3) is 0 Å². The molecule has 0 saturated heterocycles. The van der Waals surface area contributed by atoms with E-state index >= 15 is 0 Å². The Labute approximate surface area is 118 Å². The zero-order valence-corrected chi connectivity index (χ0v) is 13.1. The van der Waals surface area contributed by atoms with E-state index in [1.165, 1.54) is 0 Å². The van der Waals surface area contributed by atoms with Crippen molar-refractivity contribution in [3.63, 3.8) is 0 Å². The van der Waals surface area contributed by atoms with Gasteiger partial charge in [-0.25, -0.2) is 0 Å². The van der Waals surface area contributed by atoms with Gasteiger partial charge in [-0.3, -0.25) is 0 Å². The van der Waals surface area contributed by atoms with Gasteiger partial charge in [0, 0.05) is 4.47 Å². The van der Waals surface area contributed by atoms with Crippen molar-refractivity contribution in [3.05, 3.63) is 34.3 Å². The van der Waals surface area contributed by atoms with Crippen molar-refractivity contribution in [3.8, 4) is 0 Å². The lowest BCUT2D eigenvalue weighted by Gasteiger charge is -2.26. The van der Waals surface area contributed by atoms with Crippen LogP contribution in [0.3, 0.4) is 0 Å². The molecule has 0 saturated carbocycles. The first-order valence-electron chi connectivity index (χ1n) is 5.53. The first-order chi connectivity index (χ1) is 7.21. The SMILES string of the molecule is CC(C)(C)[NH2+]CC(C)(O)c1ccc(Br)cc1.[Cl-]. The summed E-state index contributed by atoms with van der Waals surface area (Å²) >= 11 is 3.39. The number of hydrogen-bond acceptors (Lipinski definition) is 1. The predicted octanol–water partition coefficient (Wildman–Crippen LogP) is -0.977. The quantitative estimate of drug-likeness (QED) is 0.738. The van der Waals surface area contributed by atoms with Crippen LogP contribution < -0.4 is 17.7 Å². The summed E-state index contributed by atoms with van der Waals surface area (Å²) in [5.41, 5.74) is 0.309. The predicted molar refractivity (Wildman–Crippen MR) is 70.3 cm³/mol. The van der Waals surface area contributed by atoms with Crippen LogP contribution in [0.4, 0.5) is 0 Å². The second kappa shape index (κ2) is 6.19. The Morgan fingerprint density at radius 2 is 1.59 bits per heavy atom. The normalized spacial score (nSPS) is 14.9. The number of nitrogens with two attached hydrogens (primary N) is 1. The van der Waals surface area contributed by atoms with Gasteiger partial charge in [-0.05, 0) is 45.4 Å². The monoisotopic (exact) mass is 321 g/mol. The molecule has 98 valence electrons. The minimum atomic E-state index is -0.784. The maximum atomic E-state index is 10.4. The number of aliphatic hydroxyl groups is 1. The molecule has 1 rings (SSSR count). The Balaban J connectivity index is 0.00000256. The summed E-state index contributed by atoms with van der Waals surface area (Å²) < 4.78 is 1.03. The third-order valence-electron chi connectivity index (χ3n) is 2.58. The Bertz CT molecular complexity index is 343. The zero-order valence-electron chi connectivity index (χ0n) is 10.8. The molecule has 1 aromatic rings. The zero-order chi connectivity index (χ0) is 12.4. The first-order valence-corrected chi connectivity index (χ1v) is 6.33. The molecule has 0 aliphatic carbocycles. The van der Waals surface area contributed by atoms with E-state index in [2.05, 4.69) is 42.0 Å². The van der Waals surface area contributed by atoms with Crippen molar-refractivity contribution >= 4 is 15.9 Å². The van der Waals surface area contributed by atoms with Crippen molar-refractivity contribution in [1.29, 1.82) is 0 Å². The molecule has 4 heteroatoms. The molecule has 0 heterocycles. The van der Waals surface area contributed by atoms with E-state index in [1.54, 1.807) is 0 Å². The fourth-order valence-electron chi connectivity index (χ4n) is 1.43. The lowest BCUT2D eigenvalue weighted by Crippen LogP contribution is -3.00. The molecule has 0 aliphatic rings. The summed E-state index contributed by atoms with van der Waals surface area (Å²) in [5, 5.41) is 12.6. The number of benzene rings is 1. The van der Waals surface area contributed by atoms with Crippen molar-refractivity contribution in [2.75, 3.05) is 6.54 Å². The molecule has 0 amide bonds. The van der Waals surface area contributed by atoms with Crippen molar-refractivity contribution in [2.45, 2.75) is 38.8 Å². The second-order valence-corrected chi connectivity index (χ2v) is 6.47.